The summed E-state index contributed by atoms with van der Waals surface area (Å²) in [7, 11) is 1.66. The van der Waals surface area contributed by atoms with Crippen LogP contribution >= 0.6 is 11.6 Å². The molecule has 21 heavy (non-hydrogen) atoms. The fraction of sp³-hybridized carbons (Fsp3) is 0.235. The largest absolute Gasteiger partial charge is 0.497 e. The van der Waals surface area contributed by atoms with E-state index in [0.717, 1.165) is 32.9 Å². The van der Waals surface area contributed by atoms with Crippen molar-refractivity contribution in [3.63, 3.8) is 0 Å². The Hall–Kier alpha value is -2.00. The summed E-state index contributed by atoms with van der Waals surface area (Å²) in [6.07, 6.45) is 0. The molecule has 0 spiro atoms. The third kappa shape index (κ3) is 2.38. The second kappa shape index (κ2) is 5.41. The minimum Gasteiger partial charge on any atom is -0.497 e. The van der Waals surface area contributed by atoms with E-state index in [1.165, 1.54) is 0 Å². The molecule has 0 aliphatic carbocycles. The van der Waals surface area contributed by atoms with Crippen molar-refractivity contribution in [3.05, 3.63) is 47.5 Å². The Balaban J connectivity index is 2.25. The Labute approximate surface area is 129 Å². The summed E-state index contributed by atoms with van der Waals surface area (Å²) >= 11 is 6.37. The Morgan fingerprint density at radius 3 is 2.43 bits per heavy atom. The van der Waals surface area contributed by atoms with Crippen molar-refractivity contribution in [1.82, 2.24) is 9.78 Å². The SMILES string of the molecule is COc1ccc(-c2nn(C(C)C)c3c(Cl)cccc23)cc1. The van der Waals surface area contributed by atoms with Gasteiger partial charge in [0.2, 0.25) is 0 Å². The van der Waals surface area contributed by atoms with Gasteiger partial charge in [0.25, 0.3) is 0 Å². The van der Waals surface area contributed by atoms with E-state index in [4.69, 9.17) is 21.4 Å². The lowest BCUT2D eigenvalue weighted by Crippen LogP contribution is -2.02. The molecule has 3 rings (SSSR count). The van der Waals surface area contributed by atoms with Gasteiger partial charge < -0.3 is 4.74 Å². The molecule has 1 aromatic heterocycles. The summed E-state index contributed by atoms with van der Waals surface area (Å²) < 4.78 is 7.19. The summed E-state index contributed by atoms with van der Waals surface area (Å²) in [6.45, 7) is 4.21. The molecule has 1 heterocycles. The molecule has 0 unspecified atom stereocenters. The van der Waals surface area contributed by atoms with Crippen LogP contribution in [-0.2, 0) is 0 Å². The topological polar surface area (TPSA) is 27.1 Å². The second-order valence-electron chi connectivity index (χ2n) is 5.25. The first-order valence-electron chi connectivity index (χ1n) is 6.93. The third-order valence-corrected chi connectivity index (χ3v) is 3.84. The lowest BCUT2D eigenvalue weighted by Gasteiger charge is -2.07. The van der Waals surface area contributed by atoms with Gasteiger partial charge >= 0.3 is 0 Å². The van der Waals surface area contributed by atoms with E-state index < -0.39 is 0 Å². The van der Waals surface area contributed by atoms with Gasteiger partial charge in [-0.3, -0.25) is 4.68 Å². The van der Waals surface area contributed by atoms with Crippen LogP contribution in [0.1, 0.15) is 19.9 Å². The van der Waals surface area contributed by atoms with E-state index in [-0.39, 0.29) is 6.04 Å². The van der Waals surface area contributed by atoms with E-state index in [1.54, 1.807) is 7.11 Å². The fourth-order valence-corrected chi connectivity index (χ4v) is 2.75. The molecule has 0 radical (unpaired) electrons. The van der Waals surface area contributed by atoms with Gasteiger partial charge in [-0.05, 0) is 44.2 Å². The molecule has 0 fully saturated rings. The fourth-order valence-electron chi connectivity index (χ4n) is 2.49. The summed E-state index contributed by atoms with van der Waals surface area (Å²) in [5, 5.41) is 6.57. The van der Waals surface area contributed by atoms with Crippen molar-refractivity contribution in [3.8, 4) is 17.0 Å². The predicted molar refractivity (Wildman–Crippen MR) is 87.1 cm³/mol. The zero-order valence-corrected chi connectivity index (χ0v) is 13.1. The van der Waals surface area contributed by atoms with Gasteiger partial charge in [0.05, 0.1) is 17.6 Å². The van der Waals surface area contributed by atoms with Crippen molar-refractivity contribution in [2.45, 2.75) is 19.9 Å². The number of rotatable bonds is 3. The van der Waals surface area contributed by atoms with Crippen molar-refractivity contribution in [1.29, 1.82) is 0 Å². The van der Waals surface area contributed by atoms with Gasteiger partial charge in [0.15, 0.2) is 0 Å². The Bertz CT molecular complexity index is 775. The predicted octanol–water partition coefficient (Wildman–Crippen LogP) is 4.95. The van der Waals surface area contributed by atoms with Crippen LogP contribution in [0.15, 0.2) is 42.5 Å². The molecule has 0 bridgehead atoms. The highest BCUT2D eigenvalue weighted by Gasteiger charge is 2.16. The van der Waals surface area contributed by atoms with Crippen LogP contribution < -0.4 is 4.74 Å². The standard InChI is InChI=1S/C17H17ClN2O/c1-11(2)20-17-14(5-4-6-15(17)18)16(19-20)12-7-9-13(21-3)10-8-12/h4-11H,1-3H3. The molecule has 0 atom stereocenters. The molecule has 0 aliphatic rings. The molecule has 0 aliphatic heterocycles. The lowest BCUT2D eigenvalue weighted by atomic mass is 10.1. The monoisotopic (exact) mass is 300 g/mol. The maximum Gasteiger partial charge on any atom is 0.118 e. The van der Waals surface area contributed by atoms with Crippen molar-refractivity contribution >= 4 is 22.5 Å². The zero-order chi connectivity index (χ0) is 15.0. The molecule has 0 amide bonds. The van der Waals surface area contributed by atoms with Gasteiger partial charge in [-0.2, -0.15) is 5.10 Å². The number of nitrogens with zero attached hydrogens (tertiary/aromatic N) is 2. The molecule has 3 nitrogen and oxygen atoms in total. The Kier molecular flexibility index (Phi) is 3.60. The summed E-state index contributed by atoms with van der Waals surface area (Å²) in [5.41, 5.74) is 2.99. The third-order valence-electron chi connectivity index (χ3n) is 3.53. The van der Waals surface area contributed by atoms with Crippen LogP contribution in [0, 0.1) is 0 Å². The average molecular weight is 301 g/mol. The van der Waals surface area contributed by atoms with Crippen molar-refractivity contribution in [2.24, 2.45) is 0 Å². The first-order chi connectivity index (χ1) is 10.1. The summed E-state index contributed by atoms with van der Waals surface area (Å²) in [5.74, 6) is 0.837. The smallest absolute Gasteiger partial charge is 0.118 e. The minimum atomic E-state index is 0.249. The highest BCUT2D eigenvalue weighted by atomic mass is 35.5. The van der Waals surface area contributed by atoms with Gasteiger partial charge in [-0.15, -0.1) is 0 Å². The number of halogens is 1. The van der Waals surface area contributed by atoms with Gasteiger partial charge in [-0.25, -0.2) is 0 Å². The van der Waals surface area contributed by atoms with Crippen LogP contribution in [-0.4, -0.2) is 16.9 Å². The van der Waals surface area contributed by atoms with Crippen molar-refractivity contribution in [2.75, 3.05) is 7.11 Å². The zero-order valence-electron chi connectivity index (χ0n) is 12.3. The number of aromatic nitrogens is 2. The molecule has 2 aromatic carbocycles. The minimum absolute atomic E-state index is 0.249. The lowest BCUT2D eigenvalue weighted by molar-refractivity contribution is 0.415. The molecule has 0 saturated carbocycles. The van der Waals surface area contributed by atoms with Gasteiger partial charge in [0.1, 0.15) is 11.4 Å². The number of methoxy groups -OCH3 is 1. The maximum absolute atomic E-state index is 6.37. The number of ether oxygens (including phenoxy) is 1. The van der Waals surface area contributed by atoms with Crippen LogP contribution in [0.3, 0.4) is 0 Å². The van der Waals surface area contributed by atoms with Crippen LogP contribution in [0.5, 0.6) is 5.75 Å². The number of fused-ring (bicyclic) bond motifs is 1. The highest BCUT2D eigenvalue weighted by Crippen LogP contribution is 2.34. The maximum atomic E-state index is 6.37. The van der Waals surface area contributed by atoms with Crippen LogP contribution in [0.4, 0.5) is 0 Å². The number of benzene rings is 2. The van der Waals surface area contributed by atoms with Gasteiger partial charge in [-0.1, -0.05) is 23.7 Å². The molecule has 0 saturated heterocycles. The quantitative estimate of drug-likeness (QED) is 0.684. The summed E-state index contributed by atoms with van der Waals surface area (Å²) in [6, 6.07) is 14.1. The van der Waals surface area contributed by atoms with E-state index in [2.05, 4.69) is 19.9 Å². The normalized spacial score (nSPS) is 11.3. The van der Waals surface area contributed by atoms with Gasteiger partial charge in [0, 0.05) is 17.0 Å². The van der Waals surface area contributed by atoms with E-state index >= 15 is 0 Å². The molecule has 3 aromatic rings. The van der Waals surface area contributed by atoms with E-state index in [1.807, 2.05) is 41.1 Å². The highest BCUT2D eigenvalue weighted by molar-refractivity contribution is 6.35. The number of para-hydroxylation sites is 1. The van der Waals surface area contributed by atoms with E-state index in [9.17, 15) is 0 Å². The average Bonchev–Trinajstić information content (AvgIpc) is 2.88. The summed E-state index contributed by atoms with van der Waals surface area (Å²) in [4.78, 5) is 0. The van der Waals surface area contributed by atoms with E-state index in [0.29, 0.717) is 0 Å². The first-order valence-corrected chi connectivity index (χ1v) is 7.30. The number of hydrogen-bond acceptors (Lipinski definition) is 2. The van der Waals surface area contributed by atoms with Crippen LogP contribution in [0.25, 0.3) is 22.2 Å². The molecule has 108 valence electrons. The first kappa shape index (κ1) is 14.0. The van der Waals surface area contributed by atoms with Crippen molar-refractivity contribution < 1.29 is 4.74 Å². The van der Waals surface area contributed by atoms with Crippen LogP contribution in [0.2, 0.25) is 5.02 Å². The second-order valence-corrected chi connectivity index (χ2v) is 5.66. The Morgan fingerprint density at radius 2 is 1.81 bits per heavy atom. The Morgan fingerprint density at radius 1 is 1.10 bits per heavy atom. The molecular formula is C17H17ClN2O. The molecular weight excluding hydrogens is 284 g/mol. The molecule has 0 N–H and O–H groups in total. The number of hydrogen-bond donors (Lipinski definition) is 0. The molecule has 4 heteroatoms.